The van der Waals surface area contributed by atoms with Crippen LogP contribution in [-0.2, 0) is 0 Å². The van der Waals surface area contributed by atoms with Crippen LogP contribution in [0.1, 0.15) is 47.0 Å². The predicted octanol–water partition coefficient (Wildman–Crippen LogP) is 4.09. The van der Waals surface area contributed by atoms with Crippen LogP contribution in [0.5, 0.6) is 0 Å². The summed E-state index contributed by atoms with van der Waals surface area (Å²) in [4.78, 5) is 1.83. The SMILES string of the molecule is CC[C@H](CC(C)(C)C)N(C)CCC(F)(F)F. The highest BCUT2D eigenvalue weighted by Crippen LogP contribution is 2.26. The largest absolute Gasteiger partial charge is 0.390 e. The molecule has 98 valence electrons. The Labute approximate surface area is 97.0 Å². The molecule has 1 atom stereocenters. The van der Waals surface area contributed by atoms with Gasteiger partial charge in [-0.2, -0.15) is 13.2 Å². The first-order valence-electron chi connectivity index (χ1n) is 5.82. The lowest BCUT2D eigenvalue weighted by Crippen LogP contribution is -2.36. The van der Waals surface area contributed by atoms with E-state index in [1.165, 1.54) is 0 Å². The Bertz CT molecular complexity index is 193. The zero-order chi connectivity index (χ0) is 13.0. The van der Waals surface area contributed by atoms with Crippen LogP contribution in [0.4, 0.5) is 13.2 Å². The molecule has 0 aromatic rings. The Balaban J connectivity index is 4.16. The van der Waals surface area contributed by atoms with Crippen LogP contribution in [0.25, 0.3) is 0 Å². The van der Waals surface area contributed by atoms with E-state index >= 15 is 0 Å². The highest BCUT2D eigenvalue weighted by Gasteiger charge is 2.29. The van der Waals surface area contributed by atoms with Gasteiger partial charge in [0.15, 0.2) is 0 Å². The summed E-state index contributed by atoms with van der Waals surface area (Å²) in [6.07, 6.45) is -2.94. The second-order valence-electron chi connectivity index (χ2n) is 5.67. The summed E-state index contributed by atoms with van der Waals surface area (Å²) < 4.78 is 36.3. The highest BCUT2D eigenvalue weighted by atomic mass is 19.4. The summed E-state index contributed by atoms with van der Waals surface area (Å²) in [6, 6.07) is 0.238. The van der Waals surface area contributed by atoms with E-state index in [0.29, 0.717) is 0 Å². The van der Waals surface area contributed by atoms with Gasteiger partial charge in [-0.1, -0.05) is 27.7 Å². The minimum Gasteiger partial charge on any atom is -0.303 e. The zero-order valence-corrected chi connectivity index (χ0v) is 11.0. The molecule has 0 aromatic heterocycles. The average Bonchev–Trinajstić information content (AvgIpc) is 2.07. The molecule has 0 heterocycles. The molecule has 16 heavy (non-hydrogen) atoms. The van der Waals surface area contributed by atoms with Gasteiger partial charge in [0, 0.05) is 12.6 Å². The predicted molar refractivity (Wildman–Crippen MR) is 61.5 cm³/mol. The second kappa shape index (κ2) is 5.89. The minimum atomic E-state index is -4.05. The molecule has 0 rings (SSSR count). The molecule has 0 spiro atoms. The summed E-state index contributed by atoms with van der Waals surface area (Å²) >= 11 is 0. The first-order valence-corrected chi connectivity index (χ1v) is 5.82. The van der Waals surface area contributed by atoms with Crippen LogP contribution in [0.3, 0.4) is 0 Å². The van der Waals surface area contributed by atoms with E-state index in [1.54, 1.807) is 7.05 Å². The molecule has 0 fully saturated rings. The quantitative estimate of drug-likeness (QED) is 0.698. The van der Waals surface area contributed by atoms with E-state index in [0.717, 1.165) is 12.8 Å². The minimum absolute atomic E-state index is 0.0953. The molecular formula is C12H24F3N. The molecule has 0 saturated heterocycles. The summed E-state index contributed by atoms with van der Waals surface area (Å²) in [5.74, 6) is 0. The Hall–Kier alpha value is -0.250. The van der Waals surface area contributed by atoms with Crippen LogP contribution < -0.4 is 0 Å². The molecule has 0 amide bonds. The first kappa shape index (κ1) is 15.8. The number of alkyl halides is 3. The van der Waals surface area contributed by atoms with Gasteiger partial charge in [0.1, 0.15) is 0 Å². The number of halogens is 3. The van der Waals surface area contributed by atoms with Crippen molar-refractivity contribution in [3.05, 3.63) is 0 Å². The monoisotopic (exact) mass is 239 g/mol. The van der Waals surface area contributed by atoms with E-state index in [-0.39, 0.29) is 18.0 Å². The average molecular weight is 239 g/mol. The van der Waals surface area contributed by atoms with Gasteiger partial charge >= 0.3 is 6.18 Å². The van der Waals surface area contributed by atoms with Crippen LogP contribution in [0.2, 0.25) is 0 Å². The standard InChI is InChI=1S/C12H24F3N/c1-6-10(9-11(2,3)4)16(5)8-7-12(13,14)15/h10H,6-9H2,1-5H3/t10-/m1/s1. The smallest absolute Gasteiger partial charge is 0.303 e. The van der Waals surface area contributed by atoms with Crippen molar-refractivity contribution in [2.75, 3.05) is 13.6 Å². The molecule has 0 bridgehead atoms. The van der Waals surface area contributed by atoms with Crippen molar-refractivity contribution in [3.63, 3.8) is 0 Å². The lowest BCUT2D eigenvalue weighted by atomic mass is 9.86. The van der Waals surface area contributed by atoms with Crippen molar-refractivity contribution in [2.24, 2.45) is 5.41 Å². The Morgan fingerprint density at radius 3 is 1.94 bits per heavy atom. The Morgan fingerprint density at radius 2 is 1.62 bits per heavy atom. The fourth-order valence-corrected chi connectivity index (χ4v) is 1.80. The van der Waals surface area contributed by atoms with Gasteiger partial charge < -0.3 is 4.90 Å². The lowest BCUT2D eigenvalue weighted by molar-refractivity contribution is -0.138. The molecule has 0 aliphatic heterocycles. The number of hydrogen-bond donors (Lipinski definition) is 0. The maximum atomic E-state index is 12.1. The molecule has 4 heteroatoms. The third-order valence-corrected chi connectivity index (χ3v) is 2.69. The van der Waals surface area contributed by atoms with Gasteiger partial charge in [-0.15, -0.1) is 0 Å². The highest BCUT2D eigenvalue weighted by molar-refractivity contribution is 4.75. The van der Waals surface area contributed by atoms with Crippen molar-refractivity contribution >= 4 is 0 Å². The van der Waals surface area contributed by atoms with Crippen LogP contribution in [0, 0.1) is 5.41 Å². The maximum absolute atomic E-state index is 12.1. The third kappa shape index (κ3) is 7.97. The van der Waals surface area contributed by atoms with Crippen LogP contribution in [-0.4, -0.2) is 30.7 Å². The van der Waals surface area contributed by atoms with Crippen molar-refractivity contribution in [3.8, 4) is 0 Å². The molecule has 0 aromatic carbocycles. The van der Waals surface area contributed by atoms with E-state index < -0.39 is 12.6 Å². The fourth-order valence-electron chi connectivity index (χ4n) is 1.80. The molecule has 0 aliphatic rings. The van der Waals surface area contributed by atoms with Gasteiger partial charge in [0.2, 0.25) is 0 Å². The van der Waals surface area contributed by atoms with Crippen molar-refractivity contribution < 1.29 is 13.2 Å². The van der Waals surface area contributed by atoms with Gasteiger partial charge in [-0.3, -0.25) is 0 Å². The maximum Gasteiger partial charge on any atom is 0.390 e. The number of hydrogen-bond acceptors (Lipinski definition) is 1. The summed E-state index contributed by atoms with van der Waals surface area (Å²) in [5.41, 5.74) is 0.160. The zero-order valence-electron chi connectivity index (χ0n) is 11.0. The van der Waals surface area contributed by atoms with Crippen molar-refractivity contribution in [2.45, 2.75) is 59.2 Å². The van der Waals surface area contributed by atoms with Crippen molar-refractivity contribution in [1.82, 2.24) is 4.90 Å². The van der Waals surface area contributed by atoms with Crippen LogP contribution >= 0.6 is 0 Å². The summed E-state index contributed by atoms with van der Waals surface area (Å²) in [7, 11) is 1.78. The van der Waals surface area contributed by atoms with Gasteiger partial charge in [-0.25, -0.2) is 0 Å². The Kier molecular flexibility index (Phi) is 5.80. The third-order valence-electron chi connectivity index (χ3n) is 2.69. The topological polar surface area (TPSA) is 3.24 Å². The Morgan fingerprint density at radius 1 is 1.12 bits per heavy atom. The second-order valence-corrected chi connectivity index (χ2v) is 5.67. The van der Waals surface area contributed by atoms with Gasteiger partial charge in [0.25, 0.3) is 0 Å². The number of nitrogens with zero attached hydrogens (tertiary/aromatic N) is 1. The van der Waals surface area contributed by atoms with Gasteiger partial charge in [0.05, 0.1) is 6.42 Å². The van der Waals surface area contributed by atoms with Crippen molar-refractivity contribution in [1.29, 1.82) is 0 Å². The van der Waals surface area contributed by atoms with E-state index in [1.807, 2.05) is 11.8 Å². The van der Waals surface area contributed by atoms with Crippen LogP contribution in [0.15, 0.2) is 0 Å². The molecule has 0 unspecified atom stereocenters. The lowest BCUT2D eigenvalue weighted by Gasteiger charge is -2.32. The molecule has 0 aliphatic carbocycles. The molecule has 1 nitrogen and oxygen atoms in total. The molecule has 0 radical (unpaired) electrons. The molecule has 0 saturated carbocycles. The van der Waals surface area contributed by atoms with E-state index in [2.05, 4.69) is 20.8 Å². The van der Waals surface area contributed by atoms with Gasteiger partial charge in [-0.05, 0) is 25.3 Å². The number of rotatable bonds is 5. The summed E-state index contributed by atoms with van der Waals surface area (Å²) in [6.45, 7) is 8.48. The molecule has 0 N–H and O–H groups in total. The normalized spacial score (nSPS) is 15.6. The molecular weight excluding hydrogens is 215 g/mol. The fraction of sp³-hybridized carbons (Fsp3) is 1.00. The van der Waals surface area contributed by atoms with E-state index in [4.69, 9.17) is 0 Å². The van der Waals surface area contributed by atoms with E-state index in [9.17, 15) is 13.2 Å². The first-order chi connectivity index (χ1) is 7.05. The summed E-state index contributed by atoms with van der Waals surface area (Å²) in [5, 5.41) is 0.